The van der Waals surface area contributed by atoms with Crippen LogP contribution in [0, 0.1) is 0 Å². The molecule has 1 rings (SSSR count). The van der Waals surface area contributed by atoms with Gasteiger partial charge in [-0.25, -0.2) is 0 Å². The van der Waals surface area contributed by atoms with Crippen LogP contribution in [0.4, 0.5) is 0 Å². The van der Waals surface area contributed by atoms with Gasteiger partial charge in [0.2, 0.25) is 0 Å². The highest BCUT2D eigenvalue weighted by Gasteiger charge is 2.13. The predicted molar refractivity (Wildman–Crippen MR) is 66.5 cm³/mol. The van der Waals surface area contributed by atoms with Crippen molar-refractivity contribution in [1.82, 2.24) is 0 Å². The Bertz CT molecular complexity index is 353. The molecule has 0 amide bonds. The third-order valence-corrected chi connectivity index (χ3v) is 2.37. The highest BCUT2D eigenvalue weighted by Crippen LogP contribution is 2.35. The van der Waals surface area contributed by atoms with Crippen molar-refractivity contribution in [2.75, 3.05) is 13.7 Å². The Hall–Kier alpha value is -0.930. The molecule has 0 bridgehead atoms. The molecule has 0 aromatic heterocycles. The second kappa shape index (κ2) is 5.97. The summed E-state index contributed by atoms with van der Waals surface area (Å²) in [5.41, 5.74) is 6.78. The standard InChI is InChI=1S/C12H18ClNO2/c1-4-16-12-9(5-8(2)14)6-10(13)7-11(12)15-3/h6-8H,4-5,14H2,1-3H3. The number of nitrogens with two attached hydrogens (primary N) is 1. The molecule has 0 radical (unpaired) electrons. The van der Waals surface area contributed by atoms with Gasteiger partial charge >= 0.3 is 0 Å². The van der Waals surface area contributed by atoms with Gasteiger partial charge in [-0.3, -0.25) is 0 Å². The number of halogens is 1. The van der Waals surface area contributed by atoms with E-state index in [-0.39, 0.29) is 6.04 Å². The van der Waals surface area contributed by atoms with E-state index < -0.39 is 0 Å². The van der Waals surface area contributed by atoms with Crippen LogP contribution in [0.15, 0.2) is 12.1 Å². The molecule has 0 fully saturated rings. The van der Waals surface area contributed by atoms with Crippen LogP contribution in [-0.2, 0) is 6.42 Å². The van der Waals surface area contributed by atoms with Crippen LogP contribution in [0.3, 0.4) is 0 Å². The summed E-state index contributed by atoms with van der Waals surface area (Å²) in [6.07, 6.45) is 0.715. The van der Waals surface area contributed by atoms with Crippen molar-refractivity contribution >= 4 is 11.6 Å². The van der Waals surface area contributed by atoms with Crippen LogP contribution >= 0.6 is 11.6 Å². The van der Waals surface area contributed by atoms with Crippen molar-refractivity contribution in [2.45, 2.75) is 26.3 Å². The molecule has 2 N–H and O–H groups in total. The zero-order valence-electron chi connectivity index (χ0n) is 9.92. The number of rotatable bonds is 5. The zero-order chi connectivity index (χ0) is 12.1. The lowest BCUT2D eigenvalue weighted by Crippen LogP contribution is -2.18. The van der Waals surface area contributed by atoms with Crippen LogP contribution in [0.1, 0.15) is 19.4 Å². The minimum Gasteiger partial charge on any atom is -0.493 e. The molecule has 0 heterocycles. The molecule has 1 aromatic rings. The second-order valence-corrected chi connectivity index (χ2v) is 4.15. The smallest absolute Gasteiger partial charge is 0.164 e. The van der Waals surface area contributed by atoms with Crippen molar-refractivity contribution in [3.05, 3.63) is 22.7 Å². The maximum absolute atomic E-state index is 6.01. The first-order valence-electron chi connectivity index (χ1n) is 5.33. The van der Waals surface area contributed by atoms with E-state index in [1.807, 2.05) is 19.9 Å². The first-order valence-corrected chi connectivity index (χ1v) is 5.71. The maximum atomic E-state index is 6.01. The van der Waals surface area contributed by atoms with Crippen LogP contribution in [0.5, 0.6) is 11.5 Å². The van der Waals surface area contributed by atoms with Gasteiger partial charge in [0.25, 0.3) is 0 Å². The Balaban J connectivity index is 3.15. The summed E-state index contributed by atoms with van der Waals surface area (Å²) in [5.74, 6) is 1.40. The second-order valence-electron chi connectivity index (χ2n) is 3.71. The lowest BCUT2D eigenvalue weighted by atomic mass is 10.1. The van der Waals surface area contributed by atoms with E-state index in [1.54, 1.807) is 13.2 Å². The molecule has 0 saturated carbocycles. The minimum atomic E-state index is 0.0578. The average molecular weight is 244 g/mol. The molecule has 0 aliphatic heterocycles. The normalized spacial score (nSPS) is 12.3. The van der Waals surface area contributed by atoms with Gasteiger partial charge in [-0.05, 0) is 26.3 Å². The molecule has 0 spiro atoms. The van der Waals surface area contributed by atoms with Crippen molar-refractivity contribution in [3.63, 3.8) is 0 Å². The van der Waals surface area contributed by atoms with Crippen LogP contribution < -0.4 is 15.2 Å². The van der Waals surface area contributed by atoms with E-state index in [9.17, 15) is 0 Å². The van der Waals surface area contributed by atoms with E-state index in [4.69, 9.17) is 26.8 Å². The van der Waals surface area contributed by atoms with Gasteiger partial charge in [-0.1, -0.05) is 11.6 Å². The predicted octanol–water partition coefficient (Wildman–Crippen LogP) is 2.64. The summed E-state index contributed by atoms with van der Waals surface area (Å²) < 4.78 is 10.8. The van der Waals surface area contributed by atoms with Crippen molar-refractivity contribution in [1.29, 1.82) is 0 Å². The molecule has 0 aliphatic rings. The van der Waals surface area contributed by atoms with Gasteiger partial charge in [0, 0.05) is 22.7 Å². The lowest BCUT2D eigenvalue weighted by molar-refractivity contribution is 0.307. The fourth-order valence-corrected chi connectivity index (χ4v) is 1.81. The van der Waals surface area contributed by atoms with E-state index in [1.165, 1.54) is 0 Å². The summed E-state index contributed by atoms with van der Waals surface area (Å²) in [6, 6.07) is 3.68. The van der Waals surface area contributed by atoms with Gasteiger partial charge in [0.05, 0.1) is 13.7 Å². The lowest BCUT2D eigenvalue weighted by Gasteiger charge is -2.16. The van der Waals surface area contributed by atoms with E-state index in [0.29, 0.717) is 23.8 Å². The number of benzene rings is 1. The molecule has 90 valence electrons. The first kappa shape index (κ1) is 13.1. The number of methoxy groups -OCH3 is 1. The fraction of sp³-hybridized carbons (Fsp3) is 0.500. The molecular weight excluding hydrogens is 226 g/mol. The van der Waals surface area contributed by atoms with Gasteiger partial charge < -0.3 is 15.2 Å². The quantitative estimate of drug-likeness (QED) is 0.865. The number of hydrogen-bond acceptors (Lipinski definition) is 3. The third-order valence-electron chi connectivity index (χ3n) is 2.15. The first-order chi connectivity index (χ1) is 7.58. The van der Waals surface area contributed by atoms with E-state index >= 15 is 0 Å². The average Bonchev–Trinajstić information content (AvgIpc) is 2.20. The SMILES string of the molecule is CCOc1c(CC(C)N)cc(Cl)cc1OC. The molecule has 1 atom stereocenters. The van der Waals surface area contributed by atoms with E-state index in [0.717, 1.165) is 11.3 Å². The van der Waals surface area contributed by atoms with Crippen LogP contribution in [0.2, 0.25) is 5.02 Å². The fourth-order valence-electron chi connectivity index (χ4n) is 1.58. The Morgan fingerprint density at radius 2 is 2.12 bits per heavy atom. The largest absolute Gasteiger partial charge is 0.493 e. The third kappa shape index (κ3) is 3.29. The summed E-state index contributed by atoms with van der Waals surface area (Å²) in [4.78, 5) is 0. The van der Waals surface area contributed by atoms with Crippen LogP contribution in [-0.4, -0.2) is 19.8 Å². The van der Waals surface area contributed by atoms with Gasteiger partial charge in [-0.15, -0.1) is 0 Å². The monoisotopic (exact) mass is 243 g/mol. The molecule has 1 unspecified atom stereocenters. The molecule has 0 saturated heterocycles. The minimum absolute atomic E-state index is 0.0578. The Morgan fingerprint density at radius 1 is 1.44 bits per heavy atom. The molecule has 16 heavy (non-hydrogen) atoms. The maximum Gasteiger partial charge on any atom is 0.164 e. The highest BCUT2D eigenvalue weighted by atomic mass is 35.5. The molecule has 3 nitrogen and oxygen atoms in total. The Morgan fingerprint density at radius 3 is 2.62 bits per heavy atom. The van der Waals surface area contributed by atoms with Crippen molar-refractivity contribution in [2.24, 2.45) is 5.73 Å². The summed E-state index contributed by atoms with van der Waals surface area (Å²) in [6.45, 7) is 4.47. The molecular formula is C12H18ClNO2. The van der Waals surface area contributed by atoms with E-state index in [2.05, 4.69) is 0 Å². The molecule has 1 aromatic carbocycles. The summed E-state index contributed by atoms with van der Waals surface area (Å²) in [5, 5.41) is 0.635. The van der Waals surface area contributed by atoms with Crippen molar-refractivity contribution < 1.29 is 9.47 Å². The molecule has 4 heteroatoms. The zero-order valence-corrected chi connectivity index (χ0v) is 10.7. The summed E-state index contributed by atoms with van der Waals surface area (Å²) >= 11 is 6.01. The van der Waals surface area contributed by atoms with Gasteiger partial charge in [-0.2, -0.15) is 0 Å². The summed E-state index contributed by atoms with van der Waals surface area (Å²) in [7, 11) is 1.60. The molecule has 0 aliphatic carbocycles. The van der Waals surface area contributed by atoms with Crippen LogP contribution in [0.25, 0.3) is 0 Å². The number of ether oxygens (including phenoxy) is 2. The number of hydrogen-bond donors (Lipinski definition) is 1. The Labute approximate surface area is 101 Å². The topological polar surface area (TPSA) is 44.5 Å². The highest BCUT2D eigenvalue weighted by molar-refractivity contribution is 6.30. The van der Waals surface area contributed by atoms with Gasteiger partial charge in [0.15, 0.2) is 11.5 Å². The Kier molecular flexibility index (Phi) is 4.90. The van der Waals surface area contributed by atoms with Gasteiger partial charge in [0.1, 0.15) is 0 Å². The van der Waals surface area contributed by atoms with Crippen molar-refractivity contribution in [3.8, 4) is 11.5 Å².